The number of hydrogen-bond acceptors (Lipinski definition) is 8. The zero-order valence-corrected chi connectivity index (χ0v) is 81.6. The first kappa shape index (κ1) is 98.8. The van der Waals surface area contributed by atoms with E-state index in [-0.39, 0.29) is 0 Å². The molecule has 2 heterocycles. The summed E-state index contributed by atoms with van der Waals surface area (Å²) in [6.45, 7) is 17.6. The second kappa shape index (κ2) is 54.5. The van der Waals surface area contributed by atoms with E-state index in [2.05, 4.69) is 484 Å². The molecule has 688 valence electrons. The first-order valence-corrected chi connectivity index (χ1v) is 49.8. The van der Waals surface area contributed by atoms with Crippen LogP contribution in [0.2, 0.25) is 0 Å². The van der Waals surface area contributed by atoms with Gasteiger partial charge < -0.3 is 28.9 Å². The fourth-order valence-electron chi connectivity index (χ4n) is 16.8. The molecule has 136 heavy (non-hydrogen) atoms. The molecule has 0 radical (unpaired) electrons. The van der Waals surface area contributed by atoms with Crippen LogP contribution in [0, 0.1) is 33.6 Å². The Labute approximate surface area is 816 Å². The van der Waals surface area contributed by atoms with E-state index in [1.807, 2.05) is 79.7 Å². The first-order valence-electron chi connectivity index (χ1n) is 48.9. The van der Waals surface area contributed by atoms with Gasteiger partial charge in [0.25, 0.3) is 0 Å². The van der Waals surface area contributed by atoms with Crippen molar-refractivity contribution in [2.75, 3.05) is 29.4 Å². The van der Waals surface area contributed by atoms with Crippen molar-refractivity contribution in [2.45, 2.75) is 152 Å². The Bertz CT molecular complexity index is 6030. The molecule has 0 N–H and O–H groups in total. The van der Waals surface area contributed by atoms with Crippen LogP contribution >= 0.6 is 11.3 Å². The Balaban J connectivity index is 0.000000139. The van der Waals surface area contributed by atoms with Crippen molar-refractivity contribution in [2.24, 2.45) is 5.92 Å². The SMILES string of the molecule is CCCCC(CC)Cc1ccc(N(c2ccccc2)c2ccccc2)cc1.CCCCCCCCc1ccc(N(c2ccccc2)c2ccccc2)cc1.CCCCc1cc(C)cc(N(c2ccccc2)c2ccccc2)c1.Cc1ccc(N(c2ccccc2)c2ccccc2)cc1C.Cc1ccc(N(c2ccccc2)c2ccccc2)o1.c1ccc(N(c2ccccc2)c2cccs2)cc1. The molecule has 0 spiro atoms. The summed E-state index contributed by atoms with van der Waals surface area (Å²) in [4.78, 5) is 13.6. The average molecular weight is 1800 g/mol. The van der Waals surface area contributed by atoms with E-state index in [0.29, 0.717) is 0 Å². The molecular weight excluding hydrogens is 1670 g/mol. The zero-order valence-electron chi connectivity index (χ0n) is 80.8. The third kappa shape index (κ3) is 29.9. The highest BCUT2D eigenvalue weighted by atomic mass is 32.1. The molecule has 0 bridgehead atoms. The molecule has 1 unspecified atom stereocenters. The molecular formula is C128H134N6OS. The monoisotopic (exact) mass is 1800 g/mol. The van der Waals surface area contributed by atoms with Gasteiger partial charge in [-0.25, -0.2) is 0 Å². The number of nitrogens with zero attached hydrogens (tertiary/aromatic N) is 6. The van der Waals surface area contributed by atoms with Gasteiger partial charge in [0.05, 0.1) is 5.00 Å². The summed E-state index contributed by atoms with van der Waals surface area (Å²) in [5.74, 6) is 2.54. The molecule has 0 aliphatic rings. The molecule has 18 aromatic rings. The number of rotatable bonds is 34. The summed E-state index contributed by atoms with van der Waals surface area (Å²) in [5.41, 5.74) is 27.1. The normalized spacial score (nSPS) is 10.8. The first-order chi connectivity index (χ1) is 67.0. The van der Waals surface area contributed by atoms with E-state index >= 15 is 0 Å². The van der Waals surface area contributed by atoms with Gasteiger partial charge in [-0.05, 0) is 317 Å². The van der Waals surface area contributed by atoms with Crippen LogP contribution in [0.15, 0.2) is 483 Å². The van der Waals surface area contributed by atoms with Crippen molar-refractivity contribution in [3.05, 3.63) is 518 Å². The lowest BCUT2D eigenvalue weighted by Crippen LogP contribution is -2.10. The Morgan fingerprint density at radius 2 is 0.544 bits per heavy atom. The van der Waals surface area contributed by atoms with Crippen molar-refractivity contribution in [1.82, 2.24) is 0 Å². The highest BCUT2D eigenvalue weighted by Gasteiger charge is 2.20. The van der Waals surface area contributed by atoms with E-state index in [1.165, 1.54) is 208 Å². The highest BCUT2D eigenvalue weighted by molar-refractivity contribution is 7.14. The number of anilines is 18. The van der Waals surface area contributed by atoms with E-state index in [4.69, 9.17) is 4.42 Å². The Morgan fingerprint density at radius 3 is 0.882 bits per heavy atom. The van der Waals surface area contributed by atoms with Crippen LogP contribution in [0.4, 0.5) is 102 Å². The third-order valence-electron chi connectivity index (χ3n) is 24.1. The van der Waals surface area contributed by atoms with Crippen LogP contribution < -0.4 is 29.4 Å². The number of furan rings is 1. The minimum absolute atomic E-state index is 0.801. The lowest BCUT2D eigenvalue weighted by atomic mass is 9.92. The van der Waals surface area contributed by atoms with Crippen molar-refractivity contribution in [3.63, 3.8) is 0 Å². The van der Waals surface area contributed by atoms with Crippen molar-refractivity contribution < 1.29 is 4.42 Å². The molecule has 2 aromatic heterocycles. The molecule has 0 saturated carbocycles. The quantitative estimate of drug-likeness (QED) is 0.0372. The highest BCUT2D eigenvalue weighted by Crippen LogP contribution is 2.43. The molecule has 16 aromatic carbocycles. The van der Waals surface area contributed by atoms with Crippen LogP contribution in [-0.2, 0) is 19.3 Å². The van der Waals surface area contributed by atoms with Crippen LogP contribution in [-0.4, -0.2) is 0 Å². The second-order valence-corrected chi connectivity index (χ2v) is 35.3. The van der Waals surface area contributed by atoms with E-state index in [0.717, 1.165) is 35.4 Å². The maximum Gasteiger partial charge on any atom is 0.204 e. The van der Waals surface area contributed by atoms with Crippen LogP contribution in [0.3, 0.4) is 0 Å². The predicted molar refractivity (Wildman–Crippen MR) is 589 cm³/mol. The van der Waals surface area contributed by atoms with Gasteiger partial charge in [0.2, 0.25) is 5.88 Å². The van der Waals surface area contributed by atoms with Gasteiger partial charge in [-0.15, -0.1) is 11.3 Å². The largest absolute Gasteiger partial charge is 0.445 e. The van der Waals surface area contributed by atoms with Gasteiger partial charge >= 0.3 is 0 Å². The van der Waals surface area contributed by atoms with Gasteiger partial charge in [0, 0.05) is 97.1 Å². The topological polar surface area (TPSA) is 32.6 Å². The van der Waals surface area contributed by atoms with Crippen molar-refractivity contribution in [3.8, 4) is 0 Å². The smallest absolute Gasteiger partial charge is 0.204 e. The number of para-hydroxylation sites is 12. The minimum Gasteiger partial charge on any atom is -0.445 e. The Morgan fingerprint density at radius 1 is 0.228 bits per heavy atom. The number of aryl methyl sites for hydroxylation is 6. The lowest BCUT2D eigenvalue weighted by Gasteiger charge is -2.26. The summed E-state index contributed by atoms with van der Waals surface area (Å²) in [7, 11) is 0. The van der Waals surface area contributed by atoms with Crippen LogP contribution in [0.1, 0.15) is 144 Å². The maximum absolute atomic E-state index is 5.78. The molecule has 1 atom stereocenters. The predicted octanol–water partition coefficient (Wildman–Crippen LogP) is 38.8. The van der Waals surface area contributed by atoms with Gasteiger partial charge in [-0.1, -0.05) is 347 Å². The molecule has 0 aliphatic carbocycles. The molecule has 18 rings (SSSR count). The van der Waals surface area contributed by atoms with E-state index in [1.54, 1.807) is 11.3 Å². The molecule has 0 saturated heterocycles. The number of unbranched alkanes of at least 4 members (excludes halogenated alkanes) is 7. The van der Waals surface area contributed by atoms with Crippen LogP contribution in [0.25, 0.3) is 0 Å². The number of benzene rings is 16. The van der Waals surface area contributed by atoms with E-state index < -0.39 is 0 Å². The Kier molecular flexibility index (Phi) is 39.6. The standard InChI is InChI=1S/2C26H31N.C23H25N.C20H19N.C17H15NO.C16H13NS/c1-3-5-12-22(4-2)21-23-17-19-26(20-18-23)27(24-13-8-6-9-14-24)25-15-10-7-11-16-25;1-2-3-4-5-6-9-14-23-19-21-26(22-20-23)27(24-15-10-7-11-16-24)25-17-12-8-13-18-25;1-3-4-11-20-16-19(2)17-23(18-20)24(21-12-7-5-8-13-21)22-14-9-6-10-15-22;1-16-13-14-20(15-17(16)2)21(18-9-5-3-6-10-18)19-11-7-4-8-12-19;1-14-12-13-17(19-14)18(15-8-4-2-5-9-15)16-10-6-3-7-11-16;1-3-8-14(9-4-1)17(16-12-7-13-18-16)15-10-5-2-6-11-15/h6-11,13-20,22H,3-5,12,21H2,1-2H3;7-8,10-13,15-22H,2-6,9,14H2,1H3;5-10,12-18H,3-4,11H2,1-2H3;3-15H,1-2H3;2-13H,1H3;1-13H. The molecule has 8 heteroatoms. The van der Waals surface area contributed by atoms with Gasteiger partial charge in [-0.2, -0.15) is 0 Å². The number of thiophene rings is 1. The summed E-state index contributed by atoms with van der Waals surface area (Å²) in [6, 6.07) is 166. The summed E-state index contributed by atoms with van der Waals surface area (Å²) < 4.78 is 5.78. The second-order valence-electron chi connectivity index (χ2n) is 34.4. The fourth-order valence-corrected chi connectivity index (χ4v) is 17.6. The van der Waals surface area contributed by atoms with Crippen molar-refractivity contribution >= 4 is 113 Å². The third-order valence-corrected chi connectivity index (χ3v) is 24.9. The van der Waals surface area contributed by atoms with E-state index in [9.17, 15) is 0 Å². The molecule has 7 nitrogen and oxygen atoms in total. The summed E-state index contributed by atoms with van der Waals surface area (Å²) in [5, 5.41) is 3.33. The number of hydrogen-bond donors (Lipinski definition) is 0. The molecule has 0 fully saturated rings. The van der Waals surface area contributed by atoms with Crippen molar-refractivity contribution in [1.29, 1.82) is 0 Å². The average Bonchev–Trinajstić information content (AvgIpc) is 1.06. The van der Waals surface area contributed by atoms with Gasteiger partial charge in [0.1, 0.15) is 5.76 Å². The zero-order chi connectivity index (χ0) is 94.4. The van der Waals surface area contributed by atoms with Gasteiger partial charge in [-0.3, -0.25) is 4.90 Å². The maximum atomic E-state index is 5.78. The van der Waals surface area contributed by atoms with Crippen LogP contribution in [0.5, 0.6) is 0 Å². The molecule has 0 aliphatic heterocycles. The lowest BCUT2D eigenvalue weighted by molar-refractivity contribution is 0.449. The summed E-state index contributed by atoms with van der Waals surface area (Å²) in [6.07, 6.45) is 19.3. The minimum atomic E-state index is 0.801. The Hall–Kier alpha value is -14.7. The summed E-state index contributed by atoms with van der Waals surface area (Å²) >= 11 is 1.75. The molecule has 0 amide bonds. The van der Waals surface area contributed by atoms with Gasteiger partial charge in [0.15, 0.2) is 0 Å². The fraction of sp³-hybridized carbons (Fsp3) is 0.188.